The average molecular weight is 295 g/mol. The molecule has 0 spiro atoms. The molecule has 0 saturated carbocycles. The molecule has 1 aromatic rings. The number of ether oxygens (including phenoxy) is 2. The smallest absolute Gasteiger partial charge is 0.324 e. The molecule has 20 heavy (non-hydrogen) atoms. The normalized spacial score (nSPS) is 25.1. The first-order valence-corrected chi connectivity index (χ1v) is 6.99. The first-order chi connectivity index (χ1) is 9.37. The lowest BCUT2D eigenvalue weighted by Gasteiger charge is -2.35. The third-order valence-electron chi connectivity index (χ3n) is 3.83. The van der Waals surface area contributed by atoms with Gasteiger partial charge in [0.25, 0.3) is 5.79 Å². The minimum atomic E-state index is -1.17. The van der Waals surface area contributed by atoms with Crippen molar-refractivity contribution >= 4 is 23.5 Å². The minimum Gasteiger partial charge on any atom is -0.422 e. The van der Waals surface area contributed by atoms with Crippen LogP contribution in [0.3, 0.4) is 0 Å². The van der Waals surface area contributed by atoms with Crippen LogP contribution in [0.4, 0.5) is 0 Å². The summed E-state index contributed by atoms with van der Waals surface area (Å²) >= 11 is 5.97. The van der Waals surface area contributed by atoms with Gasteiger partial charge < -0.3 is 9.47 Å². The molecule has 3 rings (SSSR count). The van der Waals surface area contributed by atoms with E-state index in [1.807, 2.05) is 12.1 Å². The highest BCUT2D eigenvalue weighted by molar-refractivity contribution is 6.30. The van der Waals surface area contributed by atoms with Gasteiger partial charge in [-0.1, -0.05) is 17.7 Å². The summed E-state index contributed by atoms with van der Waals surface area (Å²) in [6.07, 6.45) is 1.53. The topological polar surface area (TPSA) is 52.6 Å². The van der Waals surface area contributed by atoms with Crippen molar-refractivity contribution in [1.29, 1.82) is 0 Å². The fourth-order valence-electron chi connectivity index (χ4n) is 3.02. The predicted octanol–water partition coefficient (Wildman–Crippen LogP) is 2.82. The number of cyclic esters (lactones) is 2. The Morgan fingerprint density at radius 3 is 2.50 bits per heavy atom. The third-order valence-corrected chi connectivity index (χ3v) is 4.07. The molecular weight excluding hydrogens is 280 g/mol. The van der Waals surface area contributed by atoms with Crippen LogP contribution < -0.4 is 0 Å². The zero-order chi connectivity index (χ0) is 14.5. The highest BCUT2D eigenvalue weighted by Gasteiger charge is 2.48. The number of fused-ring (bicyclic) bond motifs is 1. The number of hydrogen-bond donors (Lipinski definition) is 0. The van der Waals surface area contributed by atoms with Crippen molar-refractivity contribution < 1.29 is 19.1 Å². The number of rotatable bonds is 1. The molecule has 1 unspecified atom stereocenters. The van der Waals surface area contributed by atoms with Gasteiger partial charge in [0.2, 0.25) is 0 Å². The molecule has 0 aromatic heterocycles. The van der Waals surface area contributed by atoms with Gasteiger partial charge in [-0.15, -0.1) is 0 Å². The molecule has 0 amide bonds. The Morgan fingerprint density at radius 2 is 1.85 bits per heavy atom. The lowest BCUT2D eigenvalue weighted by molar-refractivity contribution is -0.241. The minimum absolute atomic E-state index is 0.182. The summed E-state index contributed by atoms with van der Waals surface area (Å²) in [5.74, 6) is -3.23. The Balaban J connectivity index is 1.92. The van der Waals surface area contributed by atoms with E-state index in [1.165, 1.54) is 0 Å². The Bertz CT molecular complexity index is 574. The van der Waals surface area contributed by atoms with Crippen LogP contribution in [0.5, 0.6) is 0 Å². The van der Waals surface area contributed by atoms with E-state index >= 15 is 0 Å². The molecule has 1 atom stereocenters. The summed E-state index contributed by atoms with van der Waals surface area (Å²) in [6, 6.07) is 5.55. The van der Waals surface area contributed by atoms with Crippen molar-refractivity contribution in [2.45, 2.75) is 38.4 Å². The number of carbonyl (C=O) groups excluding carboxylic acids is 2. The number of esters is 2. The van der Waals surface area contributed by atoms with Crippen LogP contribution in [-0.2, 0) is 25.5 Å². The van der Waals surface area contributed by atoms with E-state index in [2.05, 4.69) is 0 Å². The molecule has 4 nitrogen and oxygen atoms in total. The zero-order valence-corrected chi connectivity index (χ0v) is 12.1. The fraction of sp³-hybridized carbons (Fsp3) is 0.467. The quantitative estimate of drug-likeness (QED) is 0.590. The van der Waals surface area contributed by atoms with Crippen LogP contribution in [0.2, 0.25) is 5.02 Å². The van der Waals surface area contributed by atoms with Crippen molar-refractivity contribution in [3.05, 3.63) is 34.3 Å². The van der Waals surface area contributed by atoms with Crippen LogP contribution in [-0.4, -0.2) is 17.7 Å². The van der Waals surface area contributed by atoms with Gasteiger partial charge in [0.15, 0.2) is 5.92 Å². The highest BCUT2D eigenvalue weighted by Crippen LogP contribution is 2.42. The van der Waals surface area contributed by atoms with Crippen LogP contribution in [0.15, 0.2) is 18.2 Å². The number of carbonyl (C=O) groups is 2. The summed E-state index contributed by atoms with van der Waals surface area (Å²) in [6.45, 7) is 3.11. The molecule has 5 heteroatoms. The van der Waals surface area contributed by atoms with Gasteiger partial charge in [0.05, 0.1) is 0 Å². The van der Waals surface area contributed by atoms with E-state index in [-0.39, 0.29) is 5.92 Å². The van der Waals surface area contributed by atoms with E-state index in [9.17, 15) is 9.59 Å². The second-order valence-electron chi connectivity index (χ2n) is 5.71. The molecule has 1 heterocycles. The lowest BCUT2D eigenvalue weighted by Crippen LogP contribution is -2.48. The molecule has 1 fully saturated rings. The highest BCUT2D eigenvalue weighted by atomic mass is 35.5. The van der Waals surface area contributed by atoms with E-state index in [0.29, 0.717) is 5.02 Å². The molecule has 2 aliphatic rings. The monoisotopic (exact) mass is 294 g/mol. The van der Waals surface area contributed by atoms with Crippen molar-refractivity contribution in [3.63, 3.8) is 0 Å². The molecule has 1 aliphatic carbocycles. The second-order valence-corrected chi connectivity index (χ2v) is 6.14. The average Bonchev–Trinajstić information content (AvgIpc) is 2.69. The Kier molecular flexibility index (Phi) is 3.01. The van der Waals surface area contributed by atoms with Gasteiger partial charge in [-0.05, 0) is 36.1 Å². The molecule has 0 radical (unpaired) electrons. The summed E-state index contributed by atoms with van der Waals surface area (Å²) in [4.78, 5) is 24.3. The summed E-state index contributed by atoms with van der Waals surface area (Å²) < 4.78 is 10.4. The van der Waals surface area contributed by atoms with Gasteiger partial charge in [0, 0.05) is 24.8 Å². The van der Waals surface area contributed by atoms with E-state index in [4.69, 9.17) is 21.1 Å². The Morgan fingerprint density at radius 1 is 1.20 bits per heavy atom. The van der Waals surface area contributed by atoms with Gasteiger partial charge >= 0.3 is 11.9 Å². The first-order valence-electron chi connectivity index (χ1n) is 6.61. The fourth-order valence-corrected chi connectivity index (χ4v) is 3.22. The number of halogens is 1. The van der Waals surface area contributed by atoms with Crippen molar-refractivity contribution in [2.24, 2.45) is 5.92 Å². The number of aryl methyl sites for hydroxylation is 1. The van der Waals surface area contributed by atoms with Crippen LogP contribution in [0.1, 0.15) is 37.3 Å². The molecule has 0 bridgehead atoms. The molecular formula is C15H15ClO4. The SMILES string of the molecule is CC1(C)OC(=O)C(C2CCc3cc(Cl)ccc32)C(=O)O1. The molecule has 1 saturated heterocycles. The van der Waals surface area contributed by atoms with E-state index in [0.717, 1.165) is 24.0 Å². The molecule has 0 N–H and O–H groups in total. The van der Waals surface area contributed by atoms with Gasteiger partial charge in [0.1, 0.15) is 0 Å². The molecule has 1 aliphatic heterocycles. The standard InChI is InChI=1S/C15H15ClO4/c1-15(2)19-13(17)12(14(18)20-15)11-5-3-8-7-9(16)4-6-10(8)11/h4,6-7,11-12H,3,5H2,1-2H3. The van der Waals surface area contributed by atoms with Crippen LogP contribution in [0, 0.1) is 5.92 Å². The van der Waals surface area contributed by atoms with Gasteiger partial charge in [-0.2, -0.15) is 0 Å². The summed E-state index contributed by atoms with van der Waals surface area (Å²) in [7, 11) is 0. The van der Waals surface area contributed by atoms with Crippen LogP contribution >= 0.6 is 11.6 Å². The zero-order valence-electron chi connectivity index (χ0n) is 11.3. The number of benzene rings is 1. The first kappa shape index (κ1) is 13.4. The summed E-state index contributed by atoms with van der Waals surface area (Å²) in [5.41, 5.74) is 2.08. The maximum atomic E-state index is 12.1. The maximum absolute atomic E-state index is 12.1. The Labute approximate surface area is 122 Å². The predicted molar refractivity (Wildman–Crippen MR) is 72.3 cm³/mol. The molecule has 106 valence electrons. The van der Waals surface area contributed by atoms with Gasteiger partial charge in [-0.25, -0.2) is 0 Å². The van der Waals surface area contributed by atoms with Crippen molar-refractivity contribution in [1.82, 2.24) is 0 Å². The largest absolute Gasteiger partial charge is 0.422 e. The van der Waals surface area contributed by atoms with Gasteiger partial charge in [-0.3, -0.25) is 9.59 Å². The van der Waals surface area contributed by atoms with E-state index in [1.54, 1.807) is 19.9 Å². The molecule has 1 aromatic carbocycles. The Hall–Kier alpha value is -1.55. The number of hydrogen-bond acceptors (Lipinski definition) is 4. The van der Waals surface area contributed by atoms with Crippen LogP contribution in [0.25, 0.3) is 0 Å². The summed E-state index contributed by atoms with van der Waals surface area (Å²) in [5, 5.41) is 0.666. The van der Waals surface area contributed by atoms with E-state index < -0.39 is 23.6 Å². The third kappa shape index (κ3) is 2.18. The van der Waals surface area contributed by atoms with Crippen molar-refractivity contribution in [3.8, 4) is 0 Å². The lowest BCUT2D eigenvalue weighted by atomic mass is 9.86. The maximum Gasteiger partial charge on any atom is 0.324 e. The second kappa shape index (κ2) is 4.48. The van der Waals surface area contributed by atoms with Crippen molar-refractivity contribution in [2.75, 3.05) is 0 Å².